The molecule has 5 rings (SSSR count). The Morgan fingerprint density at radius 2 is 1.58 bits per heavy atom. The Hall–Kier alpha value is -2.63. The molecule has 3 atom stereocenters. The monoisotopic (exact) mass is 560 g/mol. The van der Waals surface area contributed by atoms with E-state index in [1.807, 2.05) is 30.3 Å². The molecule has 2 fully saturated rings. The molecule has 206 valence electrons. The zero-order valence-corrected chi connectivity index (χ0v) is 21.1. The van der Waals surface area contributed by atoms with Crippen molar-refractivity contribution in [1.82, 2.24) is 19.7 Å². The number of nitrogens with zero attached hydrogens (tertiary/aromatic N) is 4. The molecule has 0 radical (unpaired) electrons. The van der Waals surface area contributed by atoms with E-state index in [1.54, 1.807) is 11.0 Å². The molecule has 2 bridgehead atoms. The van der Waals surface area contributed by atoms with E-state index < -0.39 is 35.1 Å². The first-order valence-electron chi connectivity index (χ1n) is 12.1. The van der Waals surface area contributed by atoms with Crippen LogP contribution in [0.1, 0.15) is 47.9 Å². The van der Waals surface area contributed by atoms with Crippen LogP contribution in [0.3, 0.4) is 0 Å². The molecule has 12 heteroatoms. The number of rotatable bonds is 7. The van der Waals surface area contributed by atoms with E-state index in [2.05, 4.69) is 15.0 Å². The molecule has 2 aromatic carbocycles. The highest BCUT2D eigenvalue weighted by atomic mass is 35.5. The second-order valence-electron chi connectivity index (χ2n) is 9.63. The molecule has 0 saturated carbocycles. The van der Waals surface area contributed by atoms with Crippen LogP contribution in [-0.4, -0.2) is 38.4 Å². The molecule has 2 saturated heterocycles. The highest BCUT2D eigenvalue weighted by Gasteiger charge is 2.55. The predicted octanol–water partition coefficient (Wildman–Crippen LogP) is 6.48. The van der Waals surface area contributed by atoms with E-state index >= 15 is 0 Å². The number of benzene rings is 2. The van der Waals surface area contributed by atoms with E-state index in [4.69, 9.17) is 4.74 Å². The Morgan fingerprint density at radius 1 is 0.895 bits per heavy atom. The first kappa shape index (κ1) is 28.4. The van der Waals surface area contributed by atoms with Crippen LogP contribution in [0.15, 0.2) is 61.2 Å². The van der Waals surface area contributed by atoms with Crippen molar-refractivity contribution in [2.75, 3.05) is 6.54 Å². The Morgan fingerprint density at radius 3 is 2.18 bits per heavy atom. The molecule has 0 amide bonds. The number of ether oxygens (including phenoxy) is 1. The Labute approximate surface area is 222 Å². The molecule has 0 aliphatic carbocycles. The average Bonchev–Trinajstić information content (AvgIpc) is 3.46. The lowest BCUT2D eigenvalue weighted by atomic mass is 9.79. The number of alkyl halides is 6. The largest absolute Gasteiger partial charge is 0.416 e. The summed E-state index contributed by atoms with van der Waals surface area (Å²) in [4.78, 5) is 6.37. The molecular formula is C26H27ClF6N4O. The molecule has 0 spiro atoms. The second kappa shape index (κ2) is 10.9. The number of piperidine rings is 1. The minimum Gasteiger partial charge on any atom is -0.371 e. The van der Waals surface area contributed by atoms with E-state index in [1.165, 1.54) is 6.33 Å². The zero-order valence-electron chi connectivity index (χ0n) is 20.3. The maximum atomic E-state index is 13.4. The molecule has 2 aliphatic heterocycles. The van der Waals surface area contributed by atoms with Gasteiger partial charge in [-0.2, -0.15) is 31.4 Å². The SMILES string of the molecule is Cl.FC(F)(F)c1cc(COC2CCC3CCC2(c2ccccc2)N3CCn2cncn2)cc(C(F)(F)F)c1. The Bertz CT molecular complexity index is 1170. The molecule has 3 heterocycles. The van der Waals surface area contributed by atoms with Gasteiger partial charge in [0.25, 0.3) is 0 Å². The fourth-order valence-corrected chi connectivity index (χ4v) is 5.92. The standard InChI is InChI=1S/C26H26F6N4O.ClH/c27-25(28,29)20-12-18(13-21(14-20)26(30,31)32)15-37-23-7-6-22-8-9-24(23,19-4-2-1-3-5-19)36(22)11-10-35-17-33-16-34-35;/h1-5,12-14,16-17,22-23H,6-11,15H2;1H. The molecule has 5 nitrogen and oxygen atoms in total. The summed E-state index contributed by atoms with van der Waals surface area (Å²) in [5.74, 6) is 0. The summed E-state index contributed by atoms with van der Waals surface area (Å²) in [5, 5.41) is 4.18. The van der Waals surface area contributed by atoms with Crippen molar-refractivity contribution >= 4 is 12.4 Å². The van der Waals surface area contributed by atoms with Gasteiger partial charge >= 0.3 is 12.4 Å². The van der Waals surface area contributed by atoms with Crippen LogP contribution >= 0.6 is 12.4 Å². The highest BCUT2D eigenvalue weighted by Crippen LogP contribution is 2.52. The summed E-state index contributed by atoms with van der Waals surface area (Å²) < 4.78 is 88.2. The summed E-state index contributed by atoms with van der Waals surface area (Å²) in [5.41, 5.74) is -2.34. The zero-order chi connectivity index (χ0) is 26.3. The third-order valence-electron chi connectivity index (χ3n) is 7.52. The van der Waals surface area contributed by atoms with Crippen molar-refractivity contribution in [3.05, 3.63) is 83.4 Å². The van der Waals surface area contributed by atoms with Gasteiger partial charge in [0.1, 0.15) is 12.7 Å². The fraction of sp³-hybridized carbons (Fsp3) is 0.462. The van der Waals surface area contributed by atoms with Crippen molar-refractivity contribution in [3.8, 4) is 0 Å². The third-order valence-corrected chi connectivity index (χ3v) is 7.52. The van der Waals surface area contributed by atoms with Gasteiger partial charge in [0, 0.05) is 12.6 Å². The molecule has 1 aromatic heterocycles. The Balaban J connectivity index is 0.00000336. The quantitative estimate of drug-likeness (QED) is 0.310. The van der Waals surface area contributed by atoms with Crippen LogP contribution in [0.25, 0.3) is 0 Å². The number of fused-ring (bicyclic) bond motifs is 2. The number of hydrogen-bond acceptors (Lipinski definition) is 4. The smallest absolute Gasteiger partial charge is 0.371 e. The first-order valence-corrected chi connectivity index (χ1v) is 12.1. The van der Waals surface area contributed by atoms with Gasteiger partial charge in [0.2, 0.25) is 0 Å². The minimum atomic E-state index is -4.90. The van der Waals surface area contributed by atoms with Crippen molar-refractivity contribution in [3.63, 3.8) is 0 Å². The van der Waals surface area contributed by atoms with Crippen molar-refractivity contribution in [2.24, 2.45) is 0 Å². The van der Waals surface area contributed by atoms with Gasteiger partial charge in [-0.25, -0.2) is 4.98 Å². The molecule has 3 aromatic rings. The maximum absolute atomic E-state index is 13.4. The lowest BCUT2D eigenvalue weighted by Crippen LogP contribution is -2.57. The van der Waals surface area contributed by atoms with Crippen LogP contribution in [-0.2, 0) is 35.8 Å². The topological polar surface area (TPSA) is 43.2 Å². The number of halogens is 7. The van der Waals surface area contributed by atoms with Gasteiger partial charge in [-0.15, -0.1) is 12.4 Å². The van der Waals surface area contributed by atoms with E-state index in [-0.39, 0.29) is 30.6 Å². The van der Waals surface area contributed by atoms with E-state index in [9.17, 15) is 26.3 Å². The van der Waals surface area contributed by atoms with Gasteiger partial charge in [0.05, 0.1) is 35.9 Å². The Kier molecular flexibility index (Phi) is 8.11. The average molecular weight is 561 g/mol. The first-order chi connectivity index (χ1) is 17.6. The highest BCUT2D eigenvalue weighted by molar-refractivity contribution is 5.85. The summed E-state index contributed by atoms with van der Waals surface area (Å²) in [6.07, 6.45) is -3.92. The summed E-state index contributed by atoms with van der Waals surface area (Å²) in [6, 6.07) is 11.7. The lowest BCUT2D eigenvalue weighted by molar-refractivity contribution is -0.143. The lowest BCUT2D eigenvalue weighted by Gasteiger charge is -2.50. The van der Waals surface area contributed by atoms with E-state index in [0.29, 0.717) is 25.6 Å². The van der Waals surface area contributed by atoms with Gasteiger partial charge in [-0.3, -0.25) is 9.58 Å². The second-order valence-corrected chi connectivity index (χ2v) is 9.63. The van der Waals surface area contributed by atoms with Crippen molar-refractivity contribution in [1.29, 1.82) is 0 Å². The van der Waals surface area contributed by atoms with Gasteiger partial charge in [0.15, 0.2) is 0 Å². The van der Waals surface area contributed by atoms with Crippen LogP contribution in [0, 0.1) is 0 Å². The minimum absolute atomic E-state index is 0. The molecule has 3 unspecified atom stereocenters. The summed E-state index contributed by atoms with van der Waals surface area (Å²) >= 11 is 0. The maximum Gasteiger partial charge on any atom is 0.416 e. The van der Waals surface area contributed by atoms with Crippen LogP contribution in [0.5, 0.6) is 0 Å². The van der Waals surface area contributed by atoms with E-state index in [0.717, 1.165) is 37.0 Å². The van der Waals surface area contributed by atoms with Crippen LogP contribution < -0.4 is 0 Å². The summed E-state index contributed by atoms with van der Waals surface area (Å²) in [7, 11) is 0. The number of aromatic nitrogens is 3. The molecule has 0 N–H and O–H groups in total. The van der Waals surface area contributed by atoms with Crippen molar-refractivity contribution < 1.29 is 31.1 Å². The predicted molar refractivity (Wildman–Crippen MR) is 129 cm³/mol. The van der Waals surface area contributed by atoms with Gasteiger partial charge in [-0.1, -0.05) is 30.3 Å². The fourth-order valence-electron chi connectivity index (χ4n) is 5.92. The van der Waals surface area contributed by atoms with Crippen molar-refractivity contribution in [2.45, 2.75) is 68.9 Å². The number of hydrogen-bond donors (Lipinski definition) is 0. The molecule has 38 heavy (non-hydrogen) atoms. The normalized spacial score (nSPS) is 23.8. The van der Waals surface area contributed by atoms with Crippen LogP contribution in [0.4, 0.5) is 26.3 Å². The molecular weight excluding hydrogens is 534 g/mol. The molecule has 2 aliphatic rings. The third kappa shape index (κ3) is 5.55. The van der Waals surface area contributed by atoms with Gasteiger partial charge < -0.3 is 4.74 Å². The summed E-state index contributed by atoms with van der Waals surface area (Å²) in [6.45, 7) is 0.902. The van der Waals surface area contributed by atoms with Crippen LogP contribution in [0.2, 0.25) is 0 Å². The van der Waals surface area contributed by atoms with Gasteiger partial charge in [-0.05, 0) is 55.0 Å².